The largest absolute Gasteiger partial charge is 0.472 e. The van der Waals surface area contributed by atoms with E-state index in [1.54, 1.807) is 12.5 Å². The third-order valence-electron chi connectivity index (χ3n) is 6.62. The molecule has 3 heterocycles. The molecule has 0 amide bonds. The van der Waals surface area contributed by atoms with Gasteiger partial charge >= 0.3 is 11.9 Å². The van der Waals surface area contributed by atoms with Crippen LogP contribution in [-0.4, -0.2) is 18.0 Å². The molecular formula is C19H20O5. The van der Waals surface area contributed by atoms with Crippen LogP contribution in [0.25, 0.3) is 0 Å². The Hall–Kier alpha value is -2.04. The molecule has 2 fully saturated rings. The number of carbonyl (C=O) groups excluding carboxylic acids is 2. The van der Waals surface area contributed by atoms with Crippen molar-refractivity contribution >= 4 is 11.9 Å². The van der Waals surface area contributed by atoms with Gasteiger partial charge < -0.3 is 13.9 Å². The van der Waals surface area contributed by atoms with Gasteiger partial charge in [0.25, 0.3) is 0 Å². The predicted molar refractivity (Wildman–Crippen MR) is 82.6 cm³/mol. The van der Waals surface area contributed by atoms with Crippen molar-refractivity contribution in [2.75, 3.05) is 0 Å². The van der Waals surface area contributed by atoms with E-state index >= 15 is 0 Å². The van der Waals surface area contributed by atoms with Gasteiger partial charge in [0.2, 0.25) is 0 Å². The topological polar surface area (TPSA) is 65.7 Å². The number of fused-ring (bicyclic) bond motifs is 1. The summed E-state index contributed by atoms with van der Waals surface area (Å²) in [7, 11) is 0. The minimum Gasteiger partial charge on any atom is -0.472 e. The van der Waals surface area contributed by atoms with Crippen molar-refractivity contribution in [2.24, 2.45) is 17.3 Å². The van der Waals surface area contributed by atoms with E-state index in [9.17, 15) is 9.59 Å². The Morgan fingerprint density at radius 1 is 1.21 bits per heavy atom. The third kappa shape index (κ3) is 1.65. The average Bonchev–Trinajstić information content (AvgIpc) is 3.26. The van der Waals surface area contributed by atoms with Gasteiger partial charge in [0.05, 0.1) is 17.9 Å². The first kappa shape index (κ1) is 14.3. The van der Waals surface area contributed by atoms with Crippen LogP contribution in [0, 0.1) is 17.3 Å². The molecule has 1 aromatic rings. The quantitative estimate of drug-likeness (QED) is 0.740. The van der Waals surface area contributed by atoms with Gasteiger partial charge in [0.1, 0.15) is 12.2 Å². The molecule has 0 aromatic carbocycles. The number of hydrogen-bond acceptors (Lipinski definition) is 5. The number of furan rings is 1. The first-order valence-corrected chi connectivity index (χ1v) is 8.78. The number of ether oxygens (including phenoxy) is 2. The van der Waals surface area contributed by atoms with Crippen LogP contribution >= 0.6 is 0 Å². The normalized spacial score (nSPS) is 40.7. The number of cyclic esters (lactones) is 1. The van der Waals surface area contributed by atoms with Crippen LogP contribution in [0.15, 0.2) is 34.2 Å². The summed E-state index contributed by atoms with van der Waals surface area (Å²) in [5.74, 6) is -0.0730. The molecule has 5 atom stereocenters. The second-order valence-electron chi connectivity index (χ2n) is 7.60. The average molecular weight is 328 g/mol. The van der Waals surface area contributed by atoms with E-state index in [0.29, 0.717) is 12.8 Å². The summed E-state index contributed by atoms with van der Waals surface area (Å²) in [5, 5.41) is 0. The fourth-order valence-corrected chi connectivity index (χ4v) is 5.48. The van der Waals surface area contributed by atoms with Crippen molar-refractivity contribution in [3.63, 3.8) is 0 Å². The van der Waals surface area contributed by atoms with Crippen LogP contribution in [-0.2, 0) is 19.1 Å². The van der Waals surface area contributed by atoms with Crippen LogP contribution < -0.4 is 0 Å². The molecule has 5 nitrogen and oxygen atoms in total. The molecule has 5 heteroatoms. The molecule has 4 aliphatic rings. The molecule has 0 unspecified atom stereocenters. The van der Waals surface area contributed by atoms with Crippen LogP contribution in [0.1, 0.15) is 50.7 Å². The van der Waals surface area contributed by atoms with Gasteiger partial charge in [-0.1, -0.05) is 6.92 Å². The highest BCUT2D eigenvalue weighted by molar-refractivity contribution is 5.93. The maximum atomic E-state index is 13.0. The van der Waals surface area contributed by atoms with Gasteiger partial charge in [-0.25, -0.2) is 4.79 Å². The van der Waals surface area contributed by atoms with E-state index in [4.69, 9.17) is 13.9 Å². The second-order valence-corrected chi connectivity index (χ2v) is 7.60. The zero-order valence-electron chi connectivity index (χ0n) is 13.6. The molecular weight excluding hydrogens is 308 g/mol. The van der Waals surface area contributed by atoms with E-state index in [-0.39, 0.29) is 36.0 Å². The Labute approximate surface area is 140 Å². The highest BCUT2D eigenvalue weighted by Crippen LogP contribution is 2.62. The molecule has 0 N–H and O–H groups in total. The van der Waals surface area contributed by atoms with Crippen LogP contribution in [0.3, 0.4) is 0 Å². The summed E-state index contributed by atoms with van der Waals surface area (Å²) in [6.07, 6.45) is 6.92. The summed E-state index contributed by atoms with van der Waals surface area (Å²) in [5.41, 5.74) is 2.32. The highest BCUT2D eigenvalue weighted by Gasteiger charge is 2.64. The summed E-state index contributed by atoms with van der Waals surface area (Å²) in [6.45, 7) is 2.11. The standard InChI is InChI=1S/C19H20O5/c1-10-7-14-16-12(17(20)23-14)3-2-4-13(16)19(10)8-15(24-18(19)21)11-5-6-22-9-11/h5-6,9-10,13-15H,2-4,7-8H2,1H3/t10-,13+,14+,15+,19-/m1/s1. The lowest BCUT2D eigenvalue weighted by atomic mass is 9.54. The smallest absolute Gasteiger partial charge is 0.334 e. The van der Waals surface area contributed by atoms with Crippen LogP contribution in [0.2, 0.25) is 0 Å². The molecule has 5 rings (SSSR count). The molecule has 2 aliphatic carbocycles. The van der Waals surface area contributed by atoms with E-state index in [0.717, 1.165) is 36.0 Å². The maximum Gasteiger partial charge on any atom is 0.334 e. The van der Waals surface area contributed by atoms with Gasteiger partial charge in [0.15, 0.2) is 0 Å². The SMILES string of the molecule is C[C@@H]1C[C@@H]2OC(=O)C3=C2[C@H](CCC3)[C@@]12C[C@@H](c1ccoc1)OC2=O. The number of carbonyl (C=O) groups is 2. The monoisotopic (exact) mass is 328 g/mol. The van der Waals surface area contributed by atoms with Gasteiger partial charge in [-0.15, -0.1) is 0 Å². The summed E-state index contributed by atoms with van der Waals surface area (Å²) >= 11 is 0. The zero-order chi connectivity index (χ0) is 16.5. The fraction of sp³-hybridized carbons (Fsp3) is 0.579. The highest BCUT2D eigenvalue weighted by atomic mass is 16.6. The van der Waals surface area contributed by atoms with Crippen molar-refractivity contribution in [3.8, 4) is 0 Å². The van der Waals surface area contributed by atoms with Crippen molar-refractivity contribution in [2.45, 2.75) is 51.2 Å². The maximum absolute atomic E-state index is 13.0. The third-order valence-corrected chi connectivity index (χ3v) is 6.62. The number of rotatable bonds is 1. The number of esters is 2. The van der Waals surface area contributed by atoms with E-state index in [1.165, 1.54) is 0 Å². The molecule has 1 spiro atoms. The van der Waals surface area contributed by atoms with Crippen LogP contribution in [0.5, 0.6) is 0 Å². The summed E-state index contributed by atoms with van der Waals surface area (Å²) in [4.78, 5) is 25.2. The second kappa shape index (κ2) is 4.74. The van der Waals surface area contributed by atoms with E-state index in [1.807, 2.05) is 6.07 Å². The first-order valence-electron chi connectivity index (χ1n) is 8.78. The molecule has 0 radical (unpaired) electrons. The Morgan fingerprint density at radius 3 is 2.88 bits per heavy atom. The van der Waals surface area contributed by atoms with Crippen LogP contribution in [0.4, 0.5) is 0 Å². The molecule has 1 aromatic heterocycles. The lowest BCUT2D eigenvalue weighted by Crippen LogP contribution is -2.49. The molecule has 1 saturated heterocycles. The Balaban J connectivity index is 1.59. The van der Waals surface area contributed by atoms with Gasteiger partial charge in [-0.05, 0) is 43.2 Å². The lowest BCUT2D eigenvalue weighted by molar-refractivity contribution is -0.156. The zero-order valence-corrected chi connectivity index (χ0v) is 13.6. The Morgan fingerprint density at radius 2 is 2.08 bits per heavy atom. The van der Waals surface area contributed by atoms with E-state index in [2.05, 4.69) is 6.92 Å². The minimum atomic E-state index is -0.534. The fourth-order valence-electron chi connectivity index (χ4n) is 5.48. The van der Waals surface area contributed by atoms with Gasteiger partial charge in [-0.2, -0.15) is 0 Å². The summed E-state index contributed by atoms with van der Waals surface area (Å²) in [6, 6.07) is 1.86. The Bertz CT molecular complexity index is 746. The molecule has 2 aliphatic heterocycles. The van der Waals surface area contributed by atoms with Crippen molar-refractivity contribution in [1.82, 2.24) is 0 Å². The van der Waals surface area contributed by atoms with Gasteiger partial charge in [-0.3, -0.25) is 4.79 Å². The molecule has 126 valence electrons. The minimum absolute atomic E-state index is 0.0749. The molecule has 0 bridgehead atoms. The first-order chi connectivity index (χ1) is 11.6. The van der Waals surface area contributed by atoms with Crippen molar-refractivity contribution < 1.29 is 23.5 Å². The molecule has 24 heavy (non-hydrogen) atoms. The number of hydrogen-bond donors (Lipinski definition) is 0. The predicted octanol–water partition coefficient (Wildman–Crippen LogP) is 3.32. The van der Waals surface area contributed by atoms with E-state index < -0.39 is 5.41 Å². The lowest BCUT2D eigenvalue weighted by Gasteiger charge is -2.47. The van der Waals surface area contributed by atoms with Crippen molar-refractivity contribution in [3.05, 3.63) is 35.3 Å². The van der Waals surface area contributed by atoms with Gasteiger partial charge in [0, 0.05) is 23.5 Å². The Kier molecular flexibility index (Phi) is 2.83. The molecule has 1 saturated carbocycles. The van der Waals surface area contributed by atoms with Crippen molar-refractivity contribution in [1.29, 1.82) is 0 Å². The summed E-state index contributed by atoms with van der Waals surface area (Å²) < 4.78 is 16.6.